The van der Waals surface area contributed by atoms with E-state index in [2.05, 4.69) is 0 Å². The van der Waals surface area contributed by atoms with Gasteiger partial charge in [-0.3, -0.25) is 14.5 Å². The Morgan fingerprint density at radius 2 is 1.74 bits per heavy atom. The average Bonchev–Trinajstić information content (AvgIpc) is 3.11. The summed E-state index contributed by atoms with van der Waals surface area (Å²) < 4.78 is 11.2. The number of Topliss-reactive ketones (excluding diaryl/α,β-unsaturated/α-hetero) is 1. The number of hydrogen-bond acceptors (Lipinski definition) is 5. The van der Waals surface area contributed by atoms with E-state index in [1.165, 1.54) is 4.90 Å². The minimum Gasteiger partial charge on any atom is -0.507 e. The molecule has 35 heavy (non-hydrogen) atoms. The van der Waals surface area contributed by atoms with E-state index in [1.807, 2.05) is 32.9 Å². The van der Waals surface area contributed by atoms with Crippen LogP contribution in [0.5, 0.6) is 11.5 Å². The average molecular weight is 492 g/mol. The molecular formula is C28H26ClNO5. The summed E-state index contributed by atoms with van der Waals surface area (Å²) in [5, 5.41) is 11.8. The van der Waals surface area contributed by atoms with Gasteiger partial charge in [0.25, 0.3) is 11.7 Å². The van der Waals surface area contributed by atoms with Crippen LogP contribution in [-0.2, 0) is 9.59 Å². The smallest absolute Gasteiger partial charge is 0.300 e. The summed E-state index contributed by atoms with van der Waals surface area (Å²) in [7, 11) is 1.54. The fourth-order valence-electron chi connectivity index (χ4n) is 4.29. The normalized spacial score (nSPS) is 17.1. The molecule has 1 atom stereocenters. The van der Waals surface area contributed by atoms with E-state index in [4.69, 9.17) is 21.1 Å². The molecule has 4 rings (SSSR count). The molecule has 0 aliphatic carbocycles. The maximum atomic E-state index is 13.4. The number of aliphatic hydroxyl groups is 1. The van der Waals surface area contributed by atoms with Crippen molar-refractivity contribution in [2.75, 3.05) is 18.6 Å². The van der Waals surface area contributed by atoms with Crippen LogP contribution in [0, 0.1) is 13.8 Å². The number of aliphatic hydroxyl groups excluding tert-OH is 1. The topological polar surface area (TPSA) is 76.1 Å². The molecule has 7 heteroatoms. The van der Waals surface area contributed by atoms with Crippen molar-refractivity contribution in [3.63, 3.8) is 0 Å². The van der Waals surface area contributed by atoms with Crippen LogP contribution in [0.25, 0.3) is 5.76 Å². The Kier molecular flexibility index (Phi) is 6.85. The molecule has 0 radical (unpaired) electrons. The van der Waals surface area contributed by atoms with Crippen molar-refractivity contribution in [3.8, 4) is 11.5 Å². The molecule has 6 nitrogen and oxygen atoms in total. The summed E-state index contributed by atoms with van der Waals surface area (Å²) in [6.07, 6.45) is 0. The molecule has 0 spiro atoms. The molecule has 1 amide bonds. The summed E-state index contributed by atoms with van der Waals surface area (Å²) in [6, 6.07) is 16.4. The van der Waals surface area contributed by atoms with Crippen molar-refractivity contribution in [1.82, 2.24) is 0 Å². The molecule has 1 unspecified atom stereocenters. The van der Waals surface area contributed by atoms with E-state index in [1.54, 1.807) is 55.6 Å². The molecule has 1 aliphatic rings. The number of benzene rings is 3. The lowest BCUT2D eigenvalue weighted by atomic mass is 9.94. The second kappa shape index (κ2) is 9.84. The first-order chi connectivity index (χ1) is 16.8. The highest BCUT2D eigenvalue weighted by Crippen LogP contribution is 2.45. The summed E-state index contributed by atoms with van der Waals surface area (Å²) in [4.78, 5) is 28.3. The van der Waals surface area contributed by atoms with Crippen LogP contribution < -0.4 is 14.4 Å². The van der Waals surface area contributed by atoms with Crippen LogP contribution in [0.1, 0.15) is 35.2 Å². The van der Waals surface area contributed by atoms with Crippen molar-refractivity contribution < 1.29 is 24.2 Å². The van der Waals surface area contributed by atoms with Gasteiger partial charge in [-0.2, -0.15) is 0 Å². The van der Waals surface area contributed by atoms with Gasteiger partial charge in [0.05, 0.1) is 25.3 Å². The molecule has 3 aromatic carbocycles. The zero-order valence-corrected chi connectivity index (χ0v) is 20.7. The second-order valence-corrected chi connectivity index (χ2v) is 8.67. The Morgan fingerprint density at radius 3 is 2.40 bits per heavy atom. The van der Waals surface area contributed by atoms with Gasteiger partial charge in [0.15, 0.2) is 11.5 Å². The van der Waals surface area contributed by atoms with Crippen LogP contribution in [0.3, 0.4) is 0 Å². The number of ketones is 1. The third kappa shape index (κ3) is 4.37. The number of rotatable bonds is 6. The van der Waals surface area contributed by atoms with E-state index >= 15 is 0 Å². The first-order valence-electron chi connectivity index (χ1n) is 11.2. The van der Waals surface area contributed by atoms with Crippen LogP contribution in [0.2, 0.25) is 5.02 Å². The lowest BCUT2D eigenvalue weighted by molar-refractivity contribution is -0.132. The van der Waals surface area contributed by atoms with Gasteiger partial charge < -0.3 is 14.6 Å². The summed E-state index contributed by atoms with van der Waals surface area (Å²) in [5.41, 5.74) is 3.42. The first kappa shape index (κ1) is 24.4. The lowest BCUT2D eigenvalue weighted by Crippen LogP contribution is -2.30. The lowest BCUT2D eigenvalue weighted by Gasteiger charge is -2.28. The fraction of sp³-hybridized carbons (Fsp3) is 0.214. The predicted octanol–water partition coefficient (Wildman–Crippen LogP) is 5.99. The Hall–Kier alpha value is -3.77. The van der Waals surface area contributed by atoms with Gasteiger partial charge in [0, 0.05) is 16.3 Å². The zero-order valence-electron chi connectivity index (χ0n) is 20.0. The minimum atomic E-state index is -0.878. The van der Waals surface area contributed by atoms with Crippen LogP contribution in [0.4, 0.5) is 5.69 Å². The largest absolute Gasteiger partial charge is 0.507 e. The van der Waals surface area contributed by atoms with Gasteiger partial charge in [-0.25, -0.2) is 0 Å². The monoisotopic (exact) mass is 491 g/mol. The summed E-state index contributed by atoms with van der Waals surface area (Å²) in [5.74, 6) is -0.751. The Bertz CT molecular complexity index is 1330. The molecule has 1 heterocycles. The molecule has 1 saturated heterocycles. The van der Waals surface area contributed by atoms with Crippen LogP contribution in [0.15, 0.2) is 66.2 Å². The predicted molar refractivity (Wildman–Crippen MR) is 136 cm³/mol. The van der Waals surface area contributed by atoms with Crippen molar-refractivity contribution in [2.24, 2.45) is 0 Å². The molecule has 180 valence electrons. The summed E-state index contributed by atoms with van der Waals surface area (Å²) in [6.45, 7) is 6.11. The first-order valence-corrected chi connectivity index (χ1v) is 11.6. The van der Waals surface area contributed by atoms with Crippen molar-refractivity contribution in [3.05, 3.63) is 93.5 Å². The Morgan fingerprint density at radius 1 is 1.03 bits per heavy atom. The molecular weight excluding hydrogens is 466 g/mol. The zero-order chi connectivity index (χ0) is 25.3. The maximum Gasteiger partial charge on any atom is 0.300 e. The molecule has 1 aliphatic heterocycles. The van der Waals surface area contributed by atoms with Crippen LogP contribution >= 0.6 is 11.6 Å². The van der Waals surface area contributed by atoms with Gasteiger partial charge in [-0.15, -0.1) is 0 Å². The van der Waals surface area contributed by atoms with E-state index in [-0.39, 0.29) is 11.3 Å². The third-order valence-corrected chi connectivity index (χ3v) is 6.45. The van der Waals surface area contributed by atoms with Crippen LogP contribution in [-0.4, -0.2) is 30.5 Å². The minimum absolute atomic E-state index is 0.00848. The van der Waals surface area contributed by atoms with Crippen molar-refractivity contribution in [2.45, 2.75) is 26.8 Å². The quantitative estimate of drug-likeness (QED) is 0.260. The highest BCUT2D eigenvalue weighted by molar-refractivity contribution is 6.51. The van der Waals surface area contributed by atoms with E-state index in [0.717, 1.165) is 11.1 Å². The molecule has 0 saturated carbocycles. The Balaban J connectivity index is 1.99. The van der Waals surface area contributed by atoms with Gasteiger partial charge in [0.1, 0.15) is 5.76 Å². The number of hydrogen-bond donors (Lipinski definition) is 1. The maximum absolute atomic E-state index is 13.4. The third-order valence-electron chi connectivity index (χ3n) is 6.20. The molecule has 1 N–H and O–H groups in total. The SMILES string of the molecule is CCOc1cc(C2/C(=C(\O)c3ccc(Cl)cc3)C(=O)C(=O)N2c2cccc(C)c2C)ccc1OC. The highest BCUT2D eigenvalue weighted by Gasteiger charge is 2.47. The molecule has 0 bridgehead atoms. The number of nitrogens with zero attached hydrogens (tertiary/aromatic N) is 1. The van der Waals surface area contributed by atoms with Gasteiger partial charge in [-0.1, -0.05) is 29.8 Å². The van der Waals surface area contributed by atoms with E-state index < -0.39 is 17.7 Å². The Labute approximate surface area is 209 Å². The molecule has 1 fully saturated rings. The number of halogens is 1. The van der Waals surface area contributed by atoms with E-state index in [9.17, 15) is 14.7 Å². The number of anilines is 1. The van der Waals surface area contributed by atoms with E-state index in [0.29, 0.717) is 39.9 Å². The van der Waals surface area contributed by atoms with Crippen molar-refractivity contribution >= 4 is 34.7 Å². The summed E-state index contributed by atoms with van der Waals surface area (Å²) >= 11 is 6.01. The standard InChI is InChI=1S/C28H26ClNO5/c1-5-35-23-15-19(11-14-22(23)34-4)25-24(26(31)18-9-12-20(29)13-10-18)27(32)28(33)30(25)21-8-6-7-16(2)17(21)3/h6-15,25,31H,5H2,1-4H3/b26-24+. The number of aryl methyl sites for hydroxylation is 1. The fourth-order valence-corrected chi connectivity index (χ4v) is 4.41. The number of methoxy groups -OCH3 is 1. The number of carbonyl (C=O) groups excluding carboxylic acids is 2. The second-order valence-electron chi connectivity index (χ2n) is 8.24. The van der Waals surface area contributed by atoms with Gasteiger partial charge >= 0.3 is 0 Å². The molecule has 0 aromatic heterocycles. The van der Waals surface area contributed by atoms with Gasteiger partial charge in [0.2, 0.25) is 0 Å². The number of ether oxygens (including phenoxy) is 2. The molecule has 3 aromatic rings. The highest BCUT2D eigenvalue weighted by atomic mass is 35.5. The number of amides is 1. The number of carbonyl (C=O) groups is 2. The van der Waals surface area contributed by atoms with Gasteiger partial charge in [-0.05, 0) is 79.9 Å². The van der Waals surface area contributed by atoms with Crippen molar-refractivity contribution in [1.29, 1.82) is 0 Å².